The molecule has 0 aromatic rings. The molecule has 0 amide bonds. The molecule has 1 aliphatic heterocycles. The SMILES string of the molecule is C=CC(=O)OC1C(=O)OCC1C(=O)OC(C)CC. The number of carbonyl (C=O) groups is 3. The first-order valence-electron chi connectivity index (χ1n) is 5.69. The number of rotatable bonds is 5. The summed E-state index contributed by atoms with van der Waals surface area (Å²) in [4.78, 5) is 34.2. The number of cyclic esters (lactones) is 1. The van der Waals surface area contributed by atoms with Gasteiger partial charge in [0.2, 0.25) is 6.10 Å². The van der Waals surface area contributed by atoms with Crippen LogP contribution in [0, 0.1) is 5.92 Å². The van der Waals surface area contributed by atoms with Gasteiger partial charge in [-0.25, -0.2) is 9.59 Å². The maximum Gasteiger partial charge on any atom is 0.348 e. The number of ether oxygens (including phenoxy) is 3. The zero-order chi connectivity index (χ0) is 13.7. The average Bonchev–Trinajstić information content (AvgIpc) is 2.70. The monoisotopic (exact) mass is 256 g/mol. The number of esters is 3. The molecule has 1 rings (SSSR count). The minimum absolute atomic E-state index is 0.136. The molecule has 3 unspecified atom stereocenters. The molecule has 0 bridgehead atoms. The van der Waals surface area contributed by atoms with E-state index < -0.39 is 29.9 Å². The Labute approximate surface area is 105 Å². The van der Waals surface area contributed by atoms with Crippen LogP contribution >= 0.6 is 0 Å². The van der Waals surface area contributed by atoms with Crippen molar-refractivity contribution in [2.45, 2.75) is 32.5 Å². The second kappa shape index (κ2) is 6.18. The van der Waals surface area contributed by atoms with E-state index in [1.807, 2.05) is 6.92 Å². The molecule has 0 N–H and O–H groups in total. The van der Waals surface area contributed by atoms with Gasteiger partial charge in [0.25, 0.3) is 0 Å². The first-order valence-corrected chi connectivity index (χ1v) is 5.69. The second-order valence-corrected chi connectivity index (χ2v) is 3.95. The Morgan fingerprint density at radius 2 is 2.28 bits per heavy atom. The lowest BCUT2D eigenvalue weighted by Gasteiger charge is -2.17. The van der Waals surface area contributed by atoms with Gasteiger partial charge in [-0.2, -0.15) is 0 Å². The zero-order valence-electron chi connectivity index (χ0n) is 10.4. The Morgan fingerprint density at radius 3 is 2.83 bits per heavy atom. The minimum Gasteiger partial charge on any atom is -0.462 e. The molecule has 3 atom stereocenters. The van der Waals surface area contributed by atoms with E-state index in [2.05, 4.69) is 6.58 Å². The van der Waals surface area contributed by atoms with E-state index in [0.717, 1.165) is 6.08 Å². The molecular weight excluding hydrogens is 240 g/mol. The second-order valence-electron chi connectivity index (χ2n) is 3.95. The van der Waals surface area contributed by atoms with Crippen molar-refractivity contribution in [2.75, 3.05) is 6.61 Å². The summed E-state index contributed by atoms with van der Waals surface area (Å²) < 4.78 is 14.6. The third-order valence-corrected chi connectivity index (χ3v) is 2.61. The minimum atomic E-state index is -1.24. The van der Waals surface area contributed by atoms with Crippen LogP contribution in [0.25, 0.3) is 0 Å². The van der Waals surface area contributed by atoms with Crippen LogP contribution in [-0.2, 0) is 28.6 Å². The Morgan fingerprint density at radius 1 is 1.61 bits per heavy atom. The summed E-state index contributed by atoms with van der Waals surface area (Å²) >= 11 is 0. The van der Waals surface area contributed by atoms with E-state index in [9.17, 15) is 14.4 Å². The van der Waals surface area contributed by atoms with Crippen LogP contribution in [0.5, 0.6) is 0 Å². The van der Waals surface area contributed by atoms with Gasteiger partial charge in [0.1, 0.15) is 12.5 Å². The van der Waals surface area contributed by atoms with Crippen molar-refractivity contribution in [1.82, 2.24) is 0 Å². The van der Waals surface area contributed by atoms with Gasteiger partial charge in [0.05, 0.1) is 6.10 Å². The topological polar surface area (TPSA) is 78.9 Å². The van der Waals surface area contributed by atoms with Crippen molar-refractivity contribution in [1.29, 1.82) is 0 Å². The summed E-state index contributed by atoms with van der Waals surface area (Å²) in [7, 11) is 0. The maximum absolute atomic E-state index is 11.8. The smallest absolute Gasteiger partial charge is 0.348 e. The fourth-order valence-electron chi connectivity index (χ4n) is 1.37. The summed E-state index contributed by atoms with van der Waals surface area (Å²) in [5.74, 6) is -3.02. The summed E-state index contributed by atoms with van der Waals surface area (Å²) in [5, 5.41) is 0. The van der Waals surface area contributed by atoms with Crippen LogP contribution < -0.4 is 0 Å². The van der Waals surface area contributed by atoms with E-state index >= 15 is 0 Å². The molecule has 6 nitrogen and oxygen atoms in total. The highest BCUT2D eigenvalue weighted by molar-refractivity contribution is 5.90. The highest BCUT2D eigenvalue weighted by atomic mass is 16.6. The van der Waals surface area contributed by atoms with Crippen molar-refractivity contribution in [3.63, 3.8) is 0 Å². The van der Waals surface area contributed by atoms with Gasteiger partial charge in [0.15, 0.2) is 0 Å². The van der Waals surface area contributed by atoms with Crippen LogP contribution in [0.2, 0.25) is 0 Å². The van der Waals surface area contributed by atoms with Gasteiger partial charge in [-0.15, -0.1) is 0 Å². The fourth-order valence-corrected chi connectivity index (χ4v) is 1.37. The van der Waals surface area contributed by atoms with Gasteiger partial charge in [-0.1, -0.05) is 13.5 Å². The quantitative estimate of drug-likeness (QED) is 0.407. The maximum atomic E-state index is 11.8. The molecule has 0 spiro atoms. The Balaban J connectivity index is 2.68. The standard InChI is InChI=1S/C12H16O6/c1-4-7(3)17-11(14)8-6-16-12(15)10(8)18-9(13)5-2/h5,7-8,10H,2,4,6H2,1,3H3. The lowest BCUT2D eigenvalue weighted by molar-refractivity contribution is -0.164. The highest BCUT2D eigenvalue weighted by Crippen LogP contribution is 2.21. The van der Waals surface area contributed by atoms with Gasteiger partial charge in [-0.05, 0) is 13.3 Å². The van der Waals surface area contributed by atoms with Crippen LogP contribution in [0.15, 0.2) is 12.7 Å². The van der Waals surface area contributed by atoms with Crippen molar-refractivity contribution in [3.8, 4) is 0 Å². The molecule has 6 heteroatoms. The molecular formula is C12H16O6. The predicted octanol–water partition coefficient (Wildman–Crippen LogP) is 0.599. The summed E-state index contributed by atoms with van der Waals surface area (Å²) in [6.07, 6.45) is 0.0727. The molecule has 0 saturated carbocycles. The molecule has 1 heterocycles. The van der Waals surface area contributed by atoms with Crippen LogP contribution in [0.4, 0.5) is 0 Å². The van der Waals surface area contributed by atoms with Crippen LogP contribution in [0.3, 0.4) is 0 Å². The number of hydrogen-bond acceptors (Lipinski definition) is 6. The van der Waals surface area contributed by atoms with E-state index in [1.165, 1.54) is 0 Å². The van der Waals surface area contributed by atoms with E-state index in [1.54, 1.807) is 6.92 Å². The Kier molecular flexibility index (Phi) is 4.88. The third kappa shape index (κ3) is 3.32. The molecule has 1 saturated heterocycles. The normalized spacial score (nSPS) is 24.0. The molecule has 1 aliphatic rings. The summed E-state index contributed by atoms with van der Waals surface area (Å²) in [6.45, 7) is 6.68. The first-order chi connectivity index (χ1) is 8.49. The Hall–Kier alpha value is -1.85. The van der Waals surface area contributed by atoms with Gasteiger partial charge in [0, 0.05) is 6.08 Å². The number of carbonyl (C=O) groups excluding carboxylic acids is 3. The van der Waals surface area contributed by atoms with Crippen LogP contribution in [0.1, 0.15) is 20.3 Å². The molecule has 100 valence electrons. The third-order valence-electron chi connectivity index (χ3n) is 2.61. The Bertz CT molecular complexity index is 362. The van der Waals surface area contributed by atoms with Gasteiger partial charge < -0.3 is 14.2 Å². The molecule has 1 fully saturated rings. The summed E-state index contributed by atoms with van der Waals surface area (Å²) in [5.41, 5.74) is 0. The molecule has 18 heavy (non-hydrogen) atoms. The van der Waals surface area contributed by atoms with Crippen molar-refractivity contribution >= 4 is 17.9 Å². The lowest BCUT2D eigenvalue weighted by atomic mass is 10.1. The lowest BCUT2D eigenvalue weighted by Crippen LogP contribution is -2.35. The van der Waals surface area contributed by atoms with Crippen molar-refractivity contribution in [3.05, 3.63) is 12.7 Å². The average molecular weight is 256 g/mol. The fraction of sp³-hybridized carbons (Fsp3) is 0.583. The zero-order valence-corrected chi connectivity index (χ0v) is 10.4. The largest absolute Gasteiger partial charge is 0.462 e. The van der Waals surface area contributed by atoms with E-state index in [-0.39, 0.29) is 12.7 Å². The van der Waals surface area contributed by atoms with E-state index in [4.69, 9.17) is 14.2 Å². The summed E-state index contributed by atoms with van der Waals surface area (Å²) in [6, 6.07) is 0. The van der Waals surface area contributed by atoms with Gasteiger partial charge in [-0.3, -0.25) is 4.79 Å². The molecule has 0 aliphatic carbocycles. The first kappa shape index (κ1) is 14.2. The molecule has 0 radical (unpaired) electrons. The van der Waals surface area contributed by atoms with E-state index in [0.29, 0.717) is 6.42 Å². The number of hydrogen-bond donors (Lipinski definition) is 0. The highest BCUT2D eigenvalue weighted by Gasteiger charge is 2.45. The van der Waals surface area contributed by atoms with Gasteiger partial charge >= 0.3 is 17.9 Å². The molecule has 0 aromatic heterocycles. The van der Waals surface area contributed by atoms with Crippen LogP contribution in [-0.4, -0.2) is 36.7 Å². The van der Waals surface area contributed by atoms with Crippen molar-refractivity contribution in [2.24, 2.45) is 5.92 Å². The molecule has 0 aromatic carbocycles. The van der Waals surface area contributed by atoms with Crippen molar-refractivity contribution < 1.29 is 28.6 Å². The predicted molar refractivity (Wildman–Crippen MR) is 60.4 cm³/mol.